The van der Waals surface area contributed by atoms with Gasteiger partial charge in [0.1, 0.15) is 9.88 Å². The van der Waals surface area contributed by atoms with Gasteiger partial charge in [-0.1, -0.05) is 19.3 Å². The van der Waals surface area contributed by atoms with Crippen molar-refractivity contribution in [2.24, 2.45) is 5.92 Å². The Balaban J connectivity index is 2.19. The molecule has 0 saturated heterocycles. The van der Waals surface area contributed by atoms with Gasteiger partial charge in [-0.2, -0.15) is 0 Å². The maximum Gasteiger partial charge on any atom is 0.348 e. The van der Waals surface area contributed by atoms with E-state index >= 15 is 0 Å². The predicted octanol–water partition coefficient (Wildman–Crippen LogP) is 3.54. The summed E-state index contributed by atoms with van der Waals surface area (Å²) in [5.41, 5.74) is 0.687. The van der Waals surface area contributed by atoms with E-state index in [0.717, 1.165) is 37.0 Å². The molecule has 1 aromatic rings. The van der Waals surface area contributed by atoms with Gasteiger partial charge in [0.25, 0.3) is 0 Å². The first-order valence-corrected chi connectivity index (χ1v) is 8.89. The zero-order valence-corrected chi connectivity index (χ0v) is 15.1. The topological polar surface area (TPSA) is 81.7 Å². The van der Waals surface area contributed by atoms with E-state index in [2.05, 4.69) is 5.32 Å². The summed E-state index contributed by atoms with van der Waals surface area (Å²) in [7, 11) is 2.55. The van der Waals surface area contributed by atoms with Gasteiger partial charge in [-0.25, -0.2) is 9.59 Å². The molecule has 1 fully saturated rings. The SMILES string of the molecule is COC(=O)c1sc(NC(=O)CC2CCCCC2)c(C(=O)OC)c1C. The lowest BCUT2D eigenvalue weighted by Crippen LogP contribution is -2.19. The summed E-state index contributed by atoms with van der Waals surface area (Å²) in [6.07, 6.45) is 6.12. The highest BCUT2D eigenvalue weighted by Crippen LogP contribution is 2.35. The fourth-order valence-electron chi connectivity index (χ4n) is 3.07. The first-order chi connectivity index (χ1) is 11.5. The average molecular weight is 353 g/mol. The molecule has 1 heterocycles. The zero-order valence-electron chi connectivity index (χ0n) is 14.3. The Morgan fingerprint density at radius 1 is 1.08 bits per heavy atom. The molecule has 7 heteroatoms. The van der Waals surface area contributed by atoms with Gasteiger partial charge in [-0.15, -0.1) is 11.3 Å². The molecule has 1 saturated carbocycles. The first-order valence-electron chi connectivity index (χ1n) is 8.07. The van der Waals surface area contributed by atoms with Gasteiger partial charge >= 0.3 is 11.9 Å². The fraction of sp³-hybridized carbons (Fsp3) is 0.588. The monoisotopic (exact) mass is 353 g/mol. The van der Waals surface area contributed by atoms with Crippen LogP contribution in [0, 0.1) is 12.8 Å². The number of esters is 2. The van der Waals surface area contributed by atoms with E-state index in [-0.39, 0.29) is 11.5 Å². The van der Waals surface area contributed by atoms with Crippen LogP contribution in [-0.2, 0) is 14.3 Å². The van der Waals surface area contributed by atoms with E-state index in [0.29, 0.717) is 27.8 Å². The van der Waals surface area contributed by atoms with Crippen molar-refractivity contribution in [3.05, 3.63) is 16.0 Å². The lowest BCUT2D eigenvalue weighted by atomic mass is 9.87. The van der Waals surface area contributed by atoms with Gasteiger partial charge in [0, 0.05) is 6.42 Å². The number of thiophene rings is 1. The summed E-state index contributed by atoms with van der Waals surface area (Å²) in [5.74, 6) is -0.853. The number of rotatable bonds is 5. The van der Waals surface area contributed by atoms with E-state index in [1.54, 1.807) is 6.92 Å². The number of hydrogen-bond donors (Lipinski definition) is 1. The molecule has 6 nitrogen and oxygen atoms in total. The van der Waals surface area contributed by atoms with Crippen molar-refractivity contribution in [1.29, 1.82) is 0 Å². The van der Waals surface area contributed by atoms with Gasteiger partial charge in [0.15, 0.2) is 0 Å². The molecule has 24 heavy (non-hydrogen) atoms. The molecule has 1 N–H and O–H groups in total. The van der Waals surface area contributed by atoms with Crippen LogP contribution >= 0.6 is 11.3 Å². The minimum absolute atomic E-state index is 0.135. The first kappa shape index (κ1) is 18.4. The molecular weight excluding hydrogens is 330 g/mol. The van der Waals surface area contributed by atoms with Gasteiger partial charge < -0.3 is 14.8 Å². The van der Waals surface area contributed by atoms with E-state index in [1.165, 1.54) is 20.6 Å². The molecule has 1 aliphatic rings. The standard InChI is InChI=1S/C17H23NO5S/c1-10-13(16(20)22-2)15(24-14(10)17(21)23-3)18-12(19)9-11-7-5-4-6-8-11/h11H,4-9H2,1-3H3,(H,18,19). The molecule has 0 aromatic carbocycles. The smallest absolute Gasteiger partial charge is 0.348 e. The number of carbonyl (C=O) groups is 3. The van der Waals surface area contributed by atoms with E-state index < -0.39 is 11.9 Å². The van der Waals surface area contributed by atoms with Gasteiger partial charge in [-0.3, -0.25) is 4.79 Å². The van der Waals surface area contributed by atoms with Crippen molar-refractivity contribution in [1.82, 2.24) is 0 Å². The van der Waals surface area contributed by atoms with Crippen molar-refractivity contribution >= 4 is 34.2 Å². The van der Waals surface area contributed by atoms with Crippen molar-refractivity contribution in [2.45, 2.75) is 45.4 Å². The Hall–Kier alpha value is -1.89. The Kier molecular flexibility index (Phi) is 6.36. The van der Waals surface area contributed by atoms with Gasteiger partial charge in [0.2, 0.25) is 5.91 Å². The summed E-state index contributed by atoms with van der Waals surface area (Å²) in [4.78, 5) is 36.5. The summed E-state index contributed by atoms with van der Waals surface area (Å²) < 4.78 is 9.51. The van der Waals surface area contributed by atoms with Gasteiger partial charge in [0.05, 0.1) is 19.8 Å². The molecule has 2 rings (SSSR count). The third kappa shape index (κ3) is 4.14. The van der Waals surface area contributed by atoms with Crippen molar-refractivity contribution in [2.75, 3.05) is 19.5 Å². The van der Waals surface area contributed by atoms with Crippen LogP contribution in [0.5, 0.6) is 0 Å². The summed E-state index contributed by atoms with van der Waals surface area (Å²) in [6, 6.07) is 0. The Morgan fingerprint density at radius 3 is 2.29 bits per heavy atom. The number of ether oxygens (including phenoxy) is 2. The predicted molar refractivity (Wildman–Crippen MR) is 91.6 cm³/mol. The van der Waals surface area contributed by atoms with Crippen molar-refractivity contribution < 1.29 is 23.9 Å². The van der Waals surface area contributed by atoms with Crippen LogP contribution in [0.1, 0.15) is 64.1 Å². The number of amides is 1. The second-order valence-corrected chi connectivity index (χ2v) is 7.02. The molecule has 132 valence electrons. The Morgan fingerprint density at radius 2 is 1.71 bits per heavy atom. The minimum Gasteiger partial charge on any atom is -0.465 e. The van der Waals surface area contributed by atoms with E-state index in [4.69, 9.17) is 9.47 Å². The fourth-order valence-corrected chi connectivity index (χ4v) is 4.20. The molecule has 0 bridgehead atoms. The average Bonchev–Trinajstić information content (AvgIpc) is 2.90. The molecule has 1 aromatic heterocycles. The maximum absolute atomic E-state index is 12.3. The zero-order chi connectivity index (χ0) is 17.7. The van der Waals surface area contributed by atoms with E-state index in [1.807, 2.05) is 0 Å². The molecule has 0 radical (unpaired) electrons. The quantitative estimate of drug-likeness (QED) is 0.819. The van der Waals surface area contributed by atoms with Crippen LogP contribution in [0.4, 0.5) is 5.00 Å². The van der Waals surface area contributed by atoms with Crippen LogP contribution in [0.2, 0.25) is 0 Å². The Bertz CT molecular complexity index is 631. The molecular formula is C17H23NO5S. The highest BCUT2D eigenvalue weighted by molar-refractivity contribution is 7.18. The van der Waals surface area contributed by atoms with Crippen LogP contribution < -0.4 is 5.32 Å². The lowest BCUT2D eigenvalue weighted by molar-refractivity contribution is -0.117. The normalized spacial score (nSPS) is 15.0. The lowest BCUT2D eigenvalue weighted by Gasteiger charge is -2.20. The minimum atomic E-state index is -0.577. The largest absolute Gasteiger partial charge is 0.465 e. The van der Waals surface area contributed by atoms with Crippen molar-refractivity contribution in [3.63, 3.8) is 0 Å². The van der Waals surface area contributed by atoms with Crippen LogP contribution in [0.25, 0.3) is 0 Å². The number of carbonyl (C=O) groups excluding carboxylic acids is 3. The van der Waals surface area contributed by atoms with Crippen LogP contribution in [0.15, 0.2) is 0 Å². The number of anilines is 1. The third-order valence-electron chi connectivity index (χ3n) is 4.36. The van der Waals surface area contributed by atoms with Crippen LogP contribution in [0.3, 0.4) is 0 Å². The second-order valence-electron chi connectivity index (χ2n) is 6.00. The third-order valence-corrected chi connectivity index (χ3v) is 5.55. The molecule has 0 aliphatic heterocycles. The summed E-state index contributed by atoms with van der Waals surface area (Å²) >= 11 is 1.05. The molecule has 0 unspecified atom stereocenters. The Labute approximate surface area is 145 Å². The molecule has 0 atom stereocenters. The number of hydrogen-bond acceptors (Lipinski definition) is 6. The summed E-state index contributed by atoms with van der Waals surface area (Å²) in [6.45, 7) is 1.64. The molecule has 1 amide bonds. The maximum atomic E-state index is 12.3. The van der Waals surface area contributed by atoms with Gasteiger partial charge in [-0.05, 0) is 31.2 Å². The number of methoxy groups -OCH3 is 2. The van der Waals surface area contributed by atoms with Crippen molar-refractivity contribution in [3.8, 4) is 0 Å². The van der Waals surface area contributed by atoms with Crippen LogP contribution in [-0.4, -0.2) is 32.1 Å². The molecule has 0 spiro atoms. The highest BCUT2D eigenvalue weighted by Gasteiger charge is 2.27. The summed E-state index contributed by atoms with van der Waals surface area (Å²) in [5, 5.41) is 3.13. The number of nitrogens with one attached hydrogen (secondary N) is 1. The second kappa shape index (κ2) is 8.28. The van der Waals surface area contributed by atoms with E-state index in [9.17, 15) is 14.4 Å². The highest BCUT2D eigenvalue weighted by atomic mass is 32.1. The molecule has 1 aliphatic carbocycles.